The molecule has 0 spiro atoms. The van der Waals surface area contributed by atoms with Gasteiger partial charge in [-0.25, -0.2) is 0 Å². The summed E-state index contributed by atoms with van der Waals surface area (Å²) in [6.07, 6.45) is 8.76. The average molecular weight is 273 g/mol. The van der Waals surface area contributed by atoms with Gasteiger partial charge in [-0.15, -0.1) is 0 Å². The lowest BCUT2D eigenvalue weighted by atomic mass is 9.85. The lowest BCUT2D eigenvalue weighted by Gasteiger charge is -2.22. The zero-order valence-corrected chi connectivity index (χ0v) is 11.9. The van der Waals surface area contributed by atoms with Crippen LogP contribution in [0.25, 0.3) is 0 Å². The molecule has 2 aliphatic rings. The second kappa shape index (κ2) is 5.96. The van der Waals surface area contributed by atoms with E-state index in [1.54, 1.807) is 0 Å². The minimum atomic E-state index is -0.391. The molecule has 1 aliphatic carbocycles. The number of rotatable bonds is 4. The molecule has 0 radical (unpaired) electrons. The smallest absolute Gasteiger partial charge is 0.228 e. The van der Waals surface area contributed by atoms with E-state index in [0.717, 1.165) is 35.6 Å². The lowest BCUT2D eigenvalue weighted by Crippen LogP contribution is -2.08. The molecule has 0 saturated heterocycles. The van der Waals surface area contributed by atoms with Crippen molar-refractivity contribution in [3.8, 4) is 0 Å². The van der Waals surface area contributed by atoms with Gasteiger partial charge in [-0.2, -0.15) is 0 Å². The number of benzene rings is 1. The van der Waals surface area contributed by atoms with Crippen molar-refractivity contribution >= 4 is 11.6 Å². The maximum Gasteiger partial charge on any atom is 0.228 e. The Kier molecular flexibility index (Phi) is 4.06. The van der Waals surface area contributed by atoms with Crippen molar-refractivity contribution in [1.29, 1.82) is 0 Å². The third-order valence-corrected chi connectivity index (χ3v) is 4.71. The molecule has 1 amide bonds. The van der Waals surface area contributed by atoms with Crippen molar-refractivity contribution in [2.45, 2.75) is 57.5 Å². The summed E-state index contributed by atoms with van der Waals surface area (Å²) in [7, 11) is 0. The van der Waals surface area contributed by atoms with Crippen LogP contribution in [-0.2, 0) is 11.2 Å². The summed E-state index contributed by atoms with van der Waals surface area (Å²) in [5.41, 5.74) is 2.87. The Hall–Kier alpha value is -1.35. The first-order valence-corrected chi connectivity index (χ1v) is 7.83. The van der Waals surface area contributed by atoms with Crippen LogP contribution in [0, 0.1) is 5.92 Å². The summed E-state index contributed by atoms with van der Waals surface area (Å²) >= 11 is 0. The third-order valence-electron chi connectivity index (χ3n) is 4.71. The maximum atomic E-state index is 11.3. The first-order valence-electron chi connectivity index (χ1n) is 7.83. The van der Waals surface area contributed by atoms with Gasteiger partial charge >= 0.3 is 0 Å². The molecule has 1 aromatic rings. The van der Waals surface area contributed by atoms with Crippen molar-refractivity contribution in [2.75, 3.05) is 5.32 Å². The molecule has 3 rings (SSSR count). The van der Waals surface area contributed by atoms with Gasteiger partial charge in [-0.1, -0.05) is 44.2 Å². The molecular formula is C17H23NO2. The highest BCUT2D eigenvalue weighted by Crippen LogP contribution is 2.32. The van der Waals surface area contributed by atoms with Gasteiger partial charge in [0.2, 0.25) is 5.91 Å². The van der Waals surface area contributed by atoms with E-state index in [9.17, 15) is 9.90 Å². The van der Waals surface area contributed by atoms with Crippen LogP contribution in [0.3, 0.4) is 0 Å². The van der Waals surface area contributed by atoms with Crippen LogP contribution in [0.1, 0.15) is 62.2 Å². The fourth-order valence-electron chi connectivity index (χ4n) is 3.49. The molecule has 108 valence electrons. The van der Waals surface area contributed by atoms with Crippen molar-refractivity contribution in [1.82, 2.24) is 0 Å². The van der Waals surface area contributed by atoms with E-state index in [1.165, 1.54) is 32.1 Å². The van der Waals surface area contributed by atoms with Crippen molar-refractivity contribution in [2.24, 2.45) is 5.92 Å². The van der Waals surface area contributed by atoms with E-state index < -0.39 is 6.10 Å². The van der Waals surface area contributed by atoms with Crippen LogP contribution >= 0.6 is 0 Å². The van der Waals surface area contributed by atoms with Crippen molar-refractivity contribution in [3.05, 3.63) is 29.3 Å². The predicted molar refractivity (Wildman–Crippen MR) is 79.5 cm³/mol. The Morgan fingerprint density at radius 1 is 1.25 bits per heavy atom. The van der Waals surface area contributed by atoms with E-state index in [0.29, 0.717) is 6.42 Å². The van der Waals surface area contributed by atoms with Crippen LogP contribution in [0.2, 0.25) is 0 Å². The average Bonchev–Trinajstić information content (AvgIpc) is 2.85. The Morgan fingerprint density at radius 2 is 2.05 bits per heavy atom. The summed E-state index contributed by atoms with van der Waals surface area (Å²) in [5, 5.41) is 13.2. The monoisotopic (exact) mass is 273 g/mol. The van der Waals surface area contributed by atoms with Crippen molar-refractivity contribution in [3.63, 3.8) is 0 Å². The normalized spacial score (nSPS) is 20.6. The number of nitrogens with one attached hydrogen (secondary N) is 1. The minimum Gasteiger partial charge on any atom is -0.388 e. The molecule has 1 aliphatic heterocycles. The molecule has 20 heavy (non-hydrogen) atoms. The number of amides is 1. The minimum absolute atomic E-state index is 0.0499. The number of hydrogen-bond acceptors (Lipinski definition) is 2. The molecular weight excluding hydrogens is 250 g/mol. The van der Waals surface area contributed by atoms with E-state index in [1.807, 2.05) is 18.2 Å². The molecule has 1 unspecified atom stereocenters. The topological polar surface area (TPSA) is 49.3 Å². The Morgan fingerprint density at radius 3 is 2.85 bits per heavy atom. The molecule has 0 bridgehead atoms. The maximum absolute atomic E-state index is 11.3. The second-order valence-electron chi connectivity index (χ2n) is 6.24. The van der Waals surface area contributed by atoms with Gasteiger partial charge in [0.25, 0.3) is 0 Å². The molecule has 1 saturated carbocycles. The summed E-state index contributed by atoms with van der Waals surface area (Å²) in [4.78, 5) is 11.3. The Bertz CT molecular complexity index is 492. The molecule has 1 aromatic carbocycles. The zero-order valence-electron chi connectivity index (χ0n) is 11.9. The SMILES string of the molecule is O=C1Cc2cc(C(O)CCC3CCCCC3)ccc2N1. The van der Waals surface area contributed by atoms with E-state index >= 15 is 0 Å². The van der Waals surface area contributed by atoms with Gasteiger partial charge in [0, 0.05) is 5.69 Å². The Labute approximate surface area is 120 Å². The number of aliphatic hydroxyl groups excluding tert-OH is 1. The quantitative estimate of drug-likeness (QED) is 0.881. The summed E-state index contributed by atoms with van der Waals surface area (Å²) in [6.45, 7) is 0. The fraction of sp³-hybridized carbons (Fsp3) is 0.588. The molecule has 1 fully saturated rings. The predicted octanol–water partition coefficient (Wildman–Crippen LogP) is 3.58. The first-order chi connectivity index (χ1) is 9.72. The standard InChI is InChI=1S/C17H23NO2/c19-16(9-6-12-4-2-1-3-5-12)13-7-8-15-14(10-13)11-17(20)18-15/h7-8,10,12,16,19H,1-6,9,11H2,(H,18,20). The van der Waals surface area contributed by atoms with Crippen LogP contribution in [-0.4, -0.2) is 11.0 Å². The summed E-state index contributed by atoms with van der Waals surface area (Å²) in [5.74, 6) is 0.852. The fourth-order valence-corrected chi connectivity index (χ4v) is 3.49. The van der Waals surface area contributed by atoms with E-state index in [4.69, 9.17) is 0 Å². The van der Waals surface area contributed by atoms with E-state index in [2.05, 4.69) is 5.32 Å². The van der Waals surface area contributed by atoms with E-state index in [-0.39, 0.29) is 5.91 Å². The third kappa shape index (κ3) is 3.04. The highest BCUT2D eigenvalue weighted by molar-refractivity contribution is 5.99. The van der Waals surface area contributed by atoms with Gasteiger partial charge in [0.15, 0.2) is 0 Å². The van der Waals surface area contributed by atoms with Gasteiger partial charge in [0.05, 0.1) is 12.5 Å². The number of aliphatic hydroxyl groups is 1. The number of anilines is 1. The van der Waals surface area contributed by atoms with Gasteiger partial charge in [-0.05, 0) is 36.0 Å². The van der Waals surface area contributed by atoms with Gasteiger partial charge in [-0.3, -0.25) is 4.79 Å². The lowest BCUT2D eigenvalue weighted by molar-refractivity contribution is -0.115. The first kappa shape index (κ1) is 13.6. The van der Waals surface area contributed by atoms with Gasteiger partial charge < -0.3 is 10.4 Å². The number of fused-ring (bicyclic) bond motifs is 1. The molecule has 1 heterocycles. The van der Waals surface area contributed by atoms with Crippen LogP contribution in [0.5, 0.6) is 0 Å². The molecule has 3 nitrogen and oxygen atoms in total. The number of carbonyl (C=O) groups excluding carboxylic acids is 1. The number of carbonyl (C=O) groups is 1. The summed E-state index contributed by atoms with van der Waals surface area (Å²) < 4.78 is 0. The van der Waals surface area contributed by atoms with Crippen LogP contribution in [0.15, 0.2) is 18.2 Å². The second-order valence-corrected chi connectivity index (χ2v) is 6.24. The highest BCUT2D eigenvalue weighted by Gasteiger charge is 2.20. The molecule has 2 N–H and O–H groups in total. The zero-order chi connectivity index (χ0) is 13.9. The highest BCUT2D eigenvalue weighted by atomic mass is 16.3. The summed E-state index contributed by atoms with van der Waals surface area (Å²) in [6, 6.07) is 5.84. The Balaban J connectivity index is 1.58. The molecule has 1 atom stereocenters. The van der Waals surface area contributed by atoms with Crippen LogP contribution < -0.4 is 5.32 Å². The number of hydrogen-bond donors (Lipinski definition) is 2. The van der Waals surface area contributed by atoms with Gasteiger partial charge in [0.1, 0.15) is 0 Å². The molecule has 0 aromatic heterocycles. The van der Waals surface area contributed by atoms with Crippen LogP contribution in [0.4, 0.5) is 5.69 Å². The molecule has 3 heteroatoms. The van der Waals surface area contributed by atoms with Crippen molar-refractivity contribution < 1.29 is 9.90 Å². The largest absolute Gasteiger partial charge is 0.388 e.